The maximum Gasteiger partial charge on any atom is 0.0238 e. The monoisotopic (exact) mass is 207 g/mol. The third-order valence-electron chi connectivity index (χ3n) is 3.61. The molecule has 1 nitrogen and oxygen atoms in total. The first-order chi connectivity index (χ1) is 7.26. The van der Waals surface area contributed by atoms with Crippen LogP contribution in [-0.4, -0.2) is 12.1 Å². The topological polar surface area (TPSA) is 12.0 Å². The number of nitrogens with one attached hydrogen (secondary N) is 1. The molecule has 1 heteroatoms. The standard InChI is InChI=1S/C14H25N/c1-4-7-12(3)15-14-9-6-8-13(5-2)10-11-14/h1,12-15H,5-11H2,2-3H3. The van der Waals surface area contributed by atoms with Crippen molar-refractivity contribution < 1.29 is 0 Å². The van der Waals surface area contributed by atoms with Gasteiger partial charge in [0, 0.05) is 18.5 Å². The van der Waals surface area contributed by atoms with Crippen molar-refractivity contribution in [1.29, 1.82) is 0 Å². The fourth-order valence-electron chi connectivity index (χ4n) is 2.59. The molecule has 0 aromatic heterocycles. The molecule has 0 aromatic rings. The van der Waals surface area contributed by atoms with Gasteiger partial charge in [-0.25, -0.2) is 0 Å². The van der Waals surface area contributed by atoms with Crippen LogP contribution in [0.1, 0.15) is 58.8 Å². The molecular weight excluding hydrogens is 182 g/mol. The van der Waals surface area contributed by atoms with E-state index in [2.05, 4.69) is 25.1 Å². The van der Waals surface area contributed by atoms with E-state index < -0.39 is 0 Å². The zero-order chi connectivity index (χ0) is 11.1. The van der Waals surface area contributed by atoms with Crippen LogP contribution in [0, 0.1) is 18.3 Å². The average Bonchev–Trinajstić information content (AvgIpc) is 2.43. The van der Waals surface area contributed by atoms with Gasteiger partial charge in [0.15, 0.2) is 0 Å². The molecule has 1 rings (SSSR count). The highest BCUT2D eigenvalue weighted by Crippen LogP contribution is 2.25. The van der Waals surface area contributed by atoms with Gasteiger partial charge < -0.3 is 5.32 Å². The molecule has 86 valence electrons. The van der Waals surface area contributed by atoms with Gasteiger partial charge in [-0.1, -0.05) is 26.2 Å². The Morgan fingerprint density at radius 1 is 1.33 bits per heavy atom. The van der Waals surface area contributed by atoms with Gasteiger partial charge in [0.1, 0.15) is 0 Å². The van der Waals surface area contributed by atoms with Gasteiger partial charge in [-0.3, -0.25) is 0 Å². The number of rotatable bonds is 4. The quantitative estimate of drug-likeness (QED) is 0.550. The van der Waals surface area contributed by atoms with Crippen LogP contribution in [0.2, 0.25) is 0 Å². The Kier molecular flexibility index (Phi) is 5.79. The Morgan fingerprint density at radius 2 is 2.13 bits per heavy atom. The second-order valence-electron chi connectivity index (χ2n) is 4.96. The fraction of sp³-hybridized carbons (Fsp3) is 0.857. The highest BCUT2D eigenvalue weighted by atomic mass is 14.9. The summed E-state index contributed by atoms with van der Waals surface area (Å²) in [4.78, 5) is 0. The van der Waals surface area contributed by atoms with Crippen LogP contribution in [0.5, 0.6) is 0 Å². The second kappa shape index (κ2) is 6.90. The lowest BCUT2D eigenvalue weighted by Crippen LogP contribution is -2.35. The van der Waals surface area contributed by atoms with Crippen LogP contribution in [0.15, 0.2) is 0 Å². The first-order valence-corrected chi connectivity index (χ1v) is 6.45. The molecule has 1 saturated carbocycles. The molecule has 3 unspecified atom stereocenters. The smallest absolute Gasteiger partial charge is 0.0238 e. The second-order valence-corrected chi connectivity index (χ2v) is 4.96. The van der Waals surface area contributed by atoms with Gasteiger partial charge in [-0.15, -0.1) is 12.3 Å². The van der Waals surface area contributed by atoms with Crippen molar-refractivity contribution in [2.75, 3.05) is 0 Å². The summed E-state index contributed by atoms with van der Waals surface area (Å²) >= 11 is 0. The van der Waals surface area contributed by atoms with Crippen molar-refractivity contribution in [3.05, 3.63) is 0 Å². The number of hydrogen-bond acceptors (Lipinski definition) is 1. The van der Waals surface area contributed by atoms with Gasteiger partial charge in [-0.05, 0) is 32.1 Å². The minimum atomic E-state index is 0.484. The van der Waals surface area contributed by atoms with Gasteiger partial charge >= 0.3 is 0 Å². The summed E-state index contributed by atoms with van der Waals surface area (Å²) < 4.78 is 0. The summed E-state index contributed by atoms with van der Waals surface area (Å²) in [6.45, 7) is 4.52. The Hall–Kier alpha value is -0.480. The highest BCUT2D eigenvalue weighted by Gasteiger charge is 2.18. The zero-order valence-electron chi connectivity index (χ0n) is 10.3. The van der Waals surface area contributed by atoms with Crippen molar-refractivity contribution >= 4 is 0 Å². The molecule has 1 N–H and O–H groups in total. The van der Waals surface area contributed by atoms with Crippen molar-refractivity contribution in [3.8, 4) is 12.3 Å². The molecule has 0 bridgehead atoms. The summed E-state index contributed by atoms with van der Waals surface area (Å²) in [7, 11) is 0. The van der Waals surface area contributed by atoms with E-state index in [1.807, 2.05) is 0 Å². The first kappa shape index (κ1) is 12.6. The predicted octanol–water partition coefficient (Wildman–Crippen LogP) is 3.35. The van der Waals surface area contributed by atoms with Crippen LogP contribution in [0.4, 0.5) is 0 Å². The summed E-state index contributed by atoms with van der Waals surface area (Å²) in [5.41, 5.74) is 0. The molecule has 15 heavy (non-hydrogen) atoms. The maximum absolute atomic E-state index is 5.32. The SMILES string of the molecule is C#CCC(C)NC1CCCC(CC)CC1. The van der Waals surface area contributed by atoms with E-state index in [9.17, 15) is 0 Å². The van der Waals surface area contributed by atoms with Gasteiger partial charge in [0.05, 0.1) is 0 Å². The van der Waals surface area contributed by atoms with Gasteiger partial charge in [-0.2, -0.15) is 0 Å². The van der Waals surface area contributed by atoms with Crippen molar-refractivity contribution in [3.63, 3.8) is 0 Å². The number of hydrogen-bond donors (Lipinski definition) is 1. The predicted molar refractivity (Wildman–Crippen MR) is 66.7 cm³/mol. The Bertz CT molecular complexity index is 204. The molecule has 0 aliphatic heterocycles. The average molecular weight is 207 g/mol. The molecule has 0 heterocycles. The Balaban J connectivity index is 2.28. The van der Waals surface area contributed by atoms with Crippen LogP contribution in [-0.2, 0) is 0 Å². The van der Waals surface area contributed by atoms with E-state index in [4.69, 9.17) is 6.42 Å². The molecule has 1 aliphatic carbocycles. The lowest BCUT2D eigenvalue weighted by atomic mass is 9.97. The summed E-state index contributed by atoms with van der Waals surface area (Å²) in [6.07, 6.45) is 14.4. The molecule has 0 radical (unpaired) electrons. The molecule has 0 amide bonds. The Labute approximate surface area is 95.0 Å². The molecule has 0 aromatic carbocycles. The summed E-state index contributed by atoms with van der Waals surface area (Å²) in [5.74, 6) is 3.70. The normalized spacial score (nSPS) is 29.1. The molecule has 0 saturated heterocycles. The van der Waals surface area contributed by atoms with Crippen molar-refractivity contribution in [2.45, 2.75) is 70.9 Å². The maximum atomic E-state index is 5.32. The van der Waals surface area contributed by atoms with Crippen LogP contribution >= 0.6 is 0 Å². The van der Waals surface area contributed by atoms with E-state index in [0.29, 0.717) is 12.1 Å². The lowest BCUT2D eigenvalue weighted by Gasteiger charge is -2.20. The van der Waals surface area contributed by atoms with E-state index in [1.54, 1.807) is 0 Å². The van der Waals surface area contributed by atoms with Crippen LogP contribution in [0.3, 0.4) is 0 Å². The van der Waals surface area contributed by atoms with Crippen LogP contribution < -0.4 is 5.32 Å². The van der Waals surface area contributed by atoms with Crippen molar-refractivity contribution in [1.82, 2.24) is 5.32 Å². The minimum Gasteiger partial charge on any atom is -0.311 e. The van der Waals surface area contributed by atoms with Crippen LogP contribution in [0.25, 0.3) is 0 Å². The van der Waals surface area contributed by atoms with Gasteiger partial charge in [0.25, 0.3) is 0 Å². The molecule has 0 spiro atoms. The van der Waals surface area contributed by atoms with E-state index in [0.717, 1.165) is 12.3 Å². The number of terminal acetylenes is 1. The third kappa shape index (κ3) is 4.71. The Morgan fingerprint density at radius 3 is 2.80 bits per heavy atom. The first-order valence-electron chi connectivity index (χ1n) is 6.45. The van der Waals surface area contributed by atoms with E-state index in [-0.39, 0.29) is 0 Å². The molecule has 1 aliphatic rings. The molecule has 1 fully saturated rings. The van der Waals surface area contributed by atoms with Gasteiger partial charge in [0.2, 0.25) is 0 Å². The van der Waals surface area contributed by atoms with E-state index in [1.165, 1.54) is 38.5 Å². The third-order valence-corrected chi connectivity index (χ3v) is 3.61. The summed E-state index contributed by atoms with van der Waals surface area (Å²) in [6, 6.07) is 1.20. The van der Waals surface area contributed by atoms with E-state index >= 15 is 0 Å². The lowest BCUT2D eigenvalue weighted by molar-refractivity contribution is 0.397. The van der Waals surface area contributed by atoms with Crippen molar-refractivity contribution in [2.24, 2.45) is 5.92 Å². The largest absolute Gasteiger partial charge is 0.311 e. The zero-order valence-corrected chi connectivity index (χ0v) is 10.3. The summed E-state index contributed by atoms with van der Waals surface area (Å²) in [5, 5.41) is 3.66. The molecule has 3 atom stereocenters. The fourth-order valence-corrected chi connectivity index (χ4v) is 2.59. The minimum absolute atomic E-state index is 0.484. The molecular formula is C14H25N. The highest BCUT2D eigenvalue weighted by molar-refractivity contribution is 4.89.